The van der Waals surface area contributed by atoms with Gasteiger partial charge in [-0.05, 0) is 93.0 Å². The number of fused-ring (bicyclic) bond motifs is 6. The van der Waals surface area contributed by atoms with E-state index < -0.39 is 5.41 Å². The van der Waals surface area contributed by atoms with E-state index in [1.165, 1.54) is 49.9 Å². The van der Waals surface area contributed by atoms with Crippen LogP contribution in [0.2, 0.25) is 0 Å². The summed E-state index contributed by atoms with van der Waals surface area (Å²) in [6.45, 7) is 4.87. The molecular weight excluding hydrogens is 655 g/mol. The summed E-state index contributed by atoms with van der Waals surface area (Å²) >= 11 is 0. The van der Waals surface area contributed by atoms with Gasteiger partial charge in [-0.15, -0.1) is 0 Å². The summed E-state index contributed by atoms with van der Waals surface area (Å²) in [4.78, 5) is 2.36. The zero-order valence-corrected chi connectivity index (χ0v) is 30.4. The van der Waals surface area contributed by atoms with Gasteiger partial charge < -0.3 is 9.32 Å². The fourth-order valence-electron chi connectivity index (χ4n) is 9.43. The summed E-state index contributed by atoms with van der Waals surface area (Å²) in [5.41, 5.74) is 14.3. The smallest absolute Gasteiger partial charge is 0.135 e. The van der Waals surface area contributed by atoms with Crippen LogP contribution in [0.3, 0.4) is 0 Å². The molecule has 1 aliphatic rings. The Morgan fingerprint density at radius 3 is 1.72 bits per heavy atom. The van der Waals surface area contributed by atoms with Crippen molar-refractivity contribution >= 4 is 39.0 Å². The van der Waals surface area contributed by atoms with Crippen LogP contribution >= 0.6 is 0 Å². The molecule has 1 unspecified atom stereocenters. The van der Waals surface area contributed by atoms with Crippen molar-refractivity contribution in [3.8, 4) is 22.3 Å². The molecule has 0 saturated carbocycles. The van der Waals surface area contributed by atoms with Crippen molar-refractivity contribution < 1.29 is 4.42 Å². The topological polar surface area (TPSA) is 16.4 Å². The first-order valence-electron chi connectivity index (χ1n) is 18.8. The van der Waals surface area contributed by atoms with Crippen LogP contribution in [-0.2, 0) is 10.8 Å². The van der Waals surface area contributed by atoms with Gasteiger partial charge in [0, 0.05) is 33.2 Å². The Bertz CT molecular complexity index is 2800. The molecule has 0 aliphatic heterocycles. The summed E-state index contributed by atoms with van der Waals surface area (Å²) < 4.78 is 6.57. The van der Waals surface area contributed by atoms with Gasteiger partial charge >= 0.3 is 0 Å². The van der Waals surface area contributed by atoms with E-state index in [1.807, 2.05) is 0 Å². The first-order chi connectivity index (χ1) is 26.6. The summed E-state index contributed by atoms with van der Waals surface area (Å²) in [5.74, 6) is 0. The zero-order chi connectivity index (χ0) is 36.3. The van der Waals surface area contributed by atoms with E-state index in [9.17, 15) is 0 Å². The molecule has 0 spiro atoms. The van der Waals surface area contributed by atoms with Gasteiger partial charge in [0.05, 0.1) is 5.41 Å². The van der Waals surface area contributed by atoms with Gasteiger partial charge in [-0.1, -0.05) is 166 Å². The quantitative estimate of drug-likeness (QED) is 0.172. The predicted molar refractivity (Wildman–Crippen MR) is 225 cm³/mol. The number of hydrogen-bond donors (Lipinski definition) is 0. The highest BCUT2D eigenvalue weighted by Crippen LogP contribution is 2.61. The van der Waals surface area contributed by atoms with Gasteiger partial charge in [-0.2, -0.15) is 0 Å². The van der Waals surface area contributed by atoms with Gasteiger partial charge in [-0.25, -0.2) is 0 Å². The van der Waals surface area contributed by atoms with E-state index in [2.05, 4.69) is 219 Å². The zero-order valence-electron chi connectivity index (χ0n) is 30.4. The second-order valence-corrected chi connectivity index (χ2v) is 14.9. The number of nitrogens with zero attached hydrogens (tertiary/aromatic N) is 1. The molecule has 2 heteroatoms. The molecule has 1 aliphatic carbocycles. The Kier molecular flexibility index (Phi) is 7.42. The van der Waals surface area contributed by atoms with Gasteiger partial charge in [-0.3, -0.25) is 0 Å². The molecule has 9 aromatic rings. The van der Waals surface area contributed by atoms with Crippen molar-refractivity contribution in [2.24, 2.45) is 0 Å². The molecule has 0 saturated heterocycles. The molecule has 10 rings (SSSR count). The first kappa shape index (κ1) is 32.0. The average molecular weight is 694 g/mol. The molecule has 258 valence electrons. The SMILES string of the molecule is CC1(C)c2ccccc2-c2ccccc2C1(c1ccc(N(c2ccccc2)c2cccc(-c3ccccc3)c2)cc1)c1cccc2oc3ccccc3c12. The minimum atomic E-state index is -0.576. The summed E-state index contributed by atoms with van der Waals surface area (Å²) in [6.07, 6.45) is 0. The fourth-order valence-corrected chi connectivity index (χ4v) is 9.43. The van der Waals surface area contributed by atoms with Gasteiger partial charge in [0.2, 0.25) is 0 Å². The van der Waals surface area contributed by atoms with E-state index in [0.717, 1.165) is 33.6 Å². The van der Waals surface area contributed by atoms with Crippen molar-refractivity contribution in [2.45, 2.75) is 24.7 Å². The third-order valence-corrected chi connectivity index (χ3v) is 11.8. The maximum atomic E-state index is 6.57. The van der Waals surface area contributed by atoms with Crippen molar-refractivity contribution in [2.75, 3.05) is 4.90 Å². The number of hydrogen-bond acceptors (Lipinski definition) is 2. The maximum Gasteiger partial charge on any atom is 0.135 e. The molecule has 0 bridgehead atoms. The van der Waals surface area contributed by atoms with Gasteiger partial charge in [0.1, 0.15) is 11.2 Å². The Morgan fingerprint density at radius 2 is 0.944 bits per heavy atom. The molecule has 54 heavy (non-hydrogen) atoms. The monoisotopic (exact) mass is 693 g/mol. The van der Waals surface area contributed by atoms with E-state index in [0.29, 0.717) is 0 Å². The van der Waals surface area contributed by atoms with E-state index in [4.69, 9.17) is 4.42 Å². The normalized spacial score (nSPS) is 15.8. The van der Waals surface area contributed by atoms with Crippen LogP contribution < -0.4 is 4.90 Å². The number of para-hydroxylation sites is 2. The van der Waals surface area contributed by atoms with Crippen LogP contribution in [0.4, 0.5) is 17.1 Å². The van der Waals surface area contributed by atoms with E-state index in [-0.39, 0.29) is 5.41 Å². The van der Waals surface area contributed by atoms with Gasteiger partial charge in [0.25, 0.3) is 0 Å². The lowest BCUT2D eigenvalue weighted by atomic mass is 9.48. The standard InChI is InChI=1S/C52H39NO/c1-51(2)45-26-12-9-23-42(45)43-24-10-13-27-46(43)52(51,47-28-16-30-49-50(47)44-25-11-14-29-48(44)54-49)38-31-33-40(34-32-38)53(39-20-7-4-8-21-39)41-22-15-19-37(35-41)36-17-5-3-6-18-36/h3-35H,1-2H3. The van der Waals surface area contributed by atoms with E-state index >= 15 is 0 Å². The third kappa shape index (κ3) is 4.73. The van der Waals surface area contributed by atoms with Crippen LogP contribution in [0.25, 0.3) is 44.2 Å². The minimum absolute atomic E-state index is 0.366. The second-order valence-electron chi connectivity index (χ2n) is 14.9. The molecule has 1 aromatic heterocycles. The van der Waals surface area contributed by atoms with Crippen molar-refractivity contribution in [3.05, 3.63) is 222 Å². The molecule has 0 amide bonds. The highest BCUT2D eigenvalue weighted by molar-refractivity contribution is 6.08. The predicted octanol–water partition coefficient (Wildman–Crippen LogP) is 14.0. The van der Waals surface area contributed by atoms with E-state index in [1.54, 1.807) is 0 Å². The summed E-state index contributed by atoms with van der Waals surface area (Å²) in [6, 6.07) is 72.6. The molecule has 8 aromatic carbocycles. The molecule has 1 atom stereocenters. The Labute approximate surface area is 316 Å². The van der Waals surface area contributed by atoms with Crippen LogP contribution in [-0.4, -0.2) is 0 Å². The van der Waals surface area contributed by atoms with Crippen molar-refractivity contribution in [1.29, 1.82) is 0 Å². The largest absolute Gasteiger partial charge is 0.456 e. The highest BCUT2D eigenvalue weighted by atomic mass is 16.3. The molecular formula is C52H39NO. The number of rotatable bonds is 6. The Morgan fingerprint density at radius 1 is 0.407 bits per heavy atom. The number of anilines is 3. The Hall–Kier alpha value is -6.64. The van der Waals surface area contributed by atoms with Crippen molar-refractivity contribution in [1.82, 2.24) is 0 Å². The van der Waals surface area contributed by atoms with Crippen LogP contribution in [0.1, 0.15) is 36.1 Å². The van der Waals surface area contributed by atoms with Crippen LogP contribution in [0.5, 0.6) is 0 Å². The van der Waals surface area contributed by atoms with Crippen LogP contribution in [0.15, 0.2) is 205 Å². The maximum absolute atomic E-state index is 6.57. The number of benzene rings is 8. The highest BCUT2D eigenvalue weighted by Gasteiger charge is 2.55. The summed E-state index contributed by atoms with van der Waals surface area (Å²) in [5, 5.41) is 2.31. The average Bonchev–Trinajstić information content (AvgIpc) is 3.62. The lowest BCUT2D eigenvalue weighted by Crippen LogP contribution is -2.50. The summed E-state index contributed by atoms with van der Waals surface area (Å²) in [7, 11) is 0. The third-order valence-electron chi connectivity index (χ3n) is 11.8. The molecule has 2 nitrogen and oxygen atoms in total. The minimum Gasteiger partial charge on any atom is -0.456 e. The molecule has 1 heterocycles. The second kappa shape index (κ2) is 12.5. The van der Waals surface area contributed by atoms with Crippen molar-refractivity contribution in [3.63, 3.8) is 0 Å². The molecule has 0 radical (unpaired) electrons. The molecule has 0 N–H and O–H groups in total. The fraction of sp³-hybridized carbons (Fsp3) is 0.0769. The lowest BCUT2D eigenvalue weighted by molar-refractivity contribution is 0.355. The van der Waals surface area contributed by atoms with Gasteiger partial charge in [0.15, 0.2) is 0 Å². The Balaban J connectivity index is 1.24. The number of furan rings is 1. The lowest BCUT2D eigenvalue weighted by Gasteiger charge is -2.53. The molecule has 0 fully saturated rings. The first-order valence-corrected chi connectivity index (χ1v) is 18.8. The van der Waals surface area contributed by atoms with Crippen LogP contribution in [0, 0.1) is 0 Å².